The highest BCUT2D eigenvalue weighted by molar-refractivity contribution is 7.91. The lowest BCUT2D eigenvalue weighted by Crippen LogP contribution is -2.33. The first-order valence-corrected chi connectivity index (χ1v) is 8.72. The molecule has 114 valence electrons. The lowest BCUT2D eigenvalue weighted by molar-refractivity contribution is 0.447. The van der Waals surface area contributed by atoms with Gasteiger partial charge < -0.3 is 10.6 Å². The molecule has 1 rings (SSSR count). The van der Waals surface area contributed by atoms with E-state index in [0.29, 0.717) is 29.8 Å². The predicted molar refractivity (Wildman–Crippen MR) is 83.7 cm³/mol. The van der Waals surface area contributed by atoms with Crippen molar-refractivity contribution < 1.29 is 8.42 Å². The molecule has 0 bridgehead atoms. The summed E-state index contributed by atoms with van der Waals surface area (Å²) in [6.07, 6.45) is 0. The summed E-state index contributed by atoms with van der Waals surface area (Å²) in [6.45, 7) is 5.20. The minimum atomic E-state index is -3.35. The maximum absolute atomic E-state index is 12.3. The largest absolute Gasteiger partial charge is 0.359 e. The minimum absolute atomic E-state index is 0.387. The molecule has 0 fully saturated rings. The third-order valence-electron chi connectivity index (χ3n) is 2.83. The van der Waals surface area contributed by atoms with Crippen LogP contribution in [-0.4, -0.2) is 45.9 Å². The molecule has 0 unspecified atom stereocenters. The fourth-order valence-corrected chi connectivity index (χ4v) is 4.64. The quantitative estimate of drug-likeness (QED) is 0.608. The Morgan fingerprint density at radius 3 is 2.50 bits per heavy atom. The van der Waals surface area contributed by atoms with Gasteiger partial charge in [-0.1, -0.05) is 13.8 Å². The molecule has 2 N–H and O–H groups in total. The standard InChI is InChI=1S/C12H22N4O2S2/c1-5-16(6-2)20(17,18)11-8-7-10(19-11)9-15-12(13-3)14-4/h7-8H,5-6,9H2,1-4H3,(H2,13,14,15). The van der Waals surface area contributed by atoms with E-state index in [0.717, 1.165) is 4.88 Å². The average molecular weight is 318 g/mol. The molecule has 0 amide bonds. The van der Waals surface area contributed by atoms with E-state index in [-0.39, 0.29) is 0 Å². The highest BCUT2D eigenvalue weighted by Crippen LogP contribution is 2.24. The fourth-order valence-electron chi connectivity index (χ4n) is 1.73. The number of hydrogen-bond donors (Lipinski definition) is 2. The normalized spacial score (nSPS) is 12.8. The summed E-state index contributed by atoms with van der Waals surface area (Å²) in [5.41, 5.74) is 0. The molecule has 1 aromatic rings. The van der Waals surface area contributed by atoms with Gasteiger partial charge in [0.1, 0.15) is 4.21 Å². The van der Waals surface area contributed by atoms with E-state index in [9.17, 15) is 8.42 Å². The Morgan fingerprint density at radius 1 is 1.35 bits per heavy atom. The molecular formula is C12H22N4O2S2. The number of thiophene rings is 1. The third kappa shape index (κ3) is 3.94. The molecular weight excluding hydrogens is 296 g/mol. The van der Waals surface area contributed by atoms with Gasteiger partial charge in [-0.15, -0.1) is 11.3 Å². The number of nitrogens with one attached hydrogen (secondary N) is 2. The topological polar surface area (TPSA) is 73.8 Å². The minimum Gasteiger partial charge on any atom is -0.359 e. The molecule has 0 aliphatic rings. The predicted octanol–water partition coefficient (Wildman–Crippen LogP) is 1.07. The van der Waals surface area contributed by atoms with Crippen LogP contribution in [0.4, 0.5) is 0 Å². The van der Waals surface area contributed by atoms with E-state index in [1.807, 2.05) is 19.9 Å². The Kier molecular flexibility index (Phi) is 6.44. The molecule has 6 nitrogen and oxygen atoms in total. The van der Waals surface area contributed by atoms with E-state index < -0.39 is 10.0 Å². The van der Waals surface area contributed by atoms with E-state index >= 15 is 0 Å². The lowest BCUT2D eigenvalue weighted by atomic mass is 10.5. The van der Waals surface area contributed by atoms with Gasteiger partial charge in [0.2, 0.25) is 0 Å². The molecule has 0 atom stereocenters. The molecule has 0 aliphatic carbocycles. The Bertz CT molecular complexity index is 548. The molecule has 0 saturated heterocycles. The number of nitrogens with zero attached hydrogens (tertiary/aromatic N) is 2. The van der Waals surface area contributed by atoms with Gasteiger partial charge in [-0.2, -0.15) is 4.31 Å². The van der Waals surface area contributed by atoms with Crippen molar-refractivity contribution in [2.24, 2.45) is 4.99 Å². The van der Waals surface area contributed by atoms with Crippen LogP contribution in [0.5, 0.6) is 0 Å². The van der Waals surface area contributed by atoms with Crippen LogP contribution in [-0.2, 0) is 16.6 Å². The number of sulfonamides is 1. The molecule has 0 radical (unpaired) electrons. The molecule has 0 aromatic carbocycles. The number of guanidine groups is 1. The zero-order valence-electron chi connectivity index (χ0n) is 12.3. The number of rotatable bonds is 6. The Labute approximate surface area is 125 Å². The fraction of sp³-hybridized carbons (Fsp3) is 0.583. The van der Waals surface area contributed by atoms with Crippen molar-refractivity contribution in [2.75, 3.05) is 27.2 Å². The molecule has 1 heterocycles. The molecule has 0 aliphatic heterocycles. The molecule has 8 heteroatoms. The van der Waals surface area contributed by atoms with E-state index in [2.05, 4.69) is 15.6 Å². The van der Waals surface area contributed by atoms with Gasteiger partial charge >= 0.3 is 0 Å². The Hall–Kier alpha value is -1.12. The van der Waals surface area contributed by atoms with Crippen molar-refractivity contribution in [1.29, 1.82) is 0 Å². The first-order valence-electron chi connectivity index (χ1n) is 6.46. The highest BCUT2D eigenvalue weighted by atomic mass is 32.2. The molecule has 0 spiro atoms. The second-order valence-electron chi connectivity index (χ2n) is 3.99. The van der Waals surface area contributed by atoms with Crippen LogP contribution in [0.25, 0.3) is 0 Å². The summed E-state index contributed by atoms with van der Waals surface area (Å²) in [4.78, 5) is 4.96. The zero-order valence-corrected chi connectivity index (χ0v) is 13.9. The van der Waals surface area contributed by atoms with Gasteiger partial charge in [-0.25, -0.2) is 8.42 Å². The SMILES string of the molecule is CCN(CC)S(=O)(=O)c1ccc(CNC(=NC)NC)s1. The van der Waals surface area contributed by atoms with Crippen LogP contribution in [0.3, 0.4) is 0 Å². The highest BCUT2D eigenvalue weighted by Gasteiger charge is 2.23. The second kappa shape index (κ2) is 7.61. The summed E-state index contributed by atoms with van der Waals surface area (Å²) in [5.74, 6) is 0.673. The summed E-state index contributed by atoms with van der Waals surface area (Å²) in [6, 6.07) is 3.49. The van der Waals surface area contributed by atoms with E-state index in [4.69, 9.17) is 0 Å². The van der Waals surface area contributed by atoms with Crippen molar-refractivity contribution in [2.45, 2.75) is 24.6 Å². The zero-order chi connectivity index (χ0) is 15.2. The smallest absolute Gasteiger partial charge is 0.252 e. The van der Waals surface area contributed by atoms with Crippen LogP contribution < -0.4 is 10.6 Å². The Morgan fingerprint density at radius 2 is 2.00 bits per heavy atom. The van der Waals surface area contributed by atoms with Gasteiger partial charge in [0, 0.05) is 32.1 Å². The summed E-state index contributed by atoms with van der Waals surface area (Å²) < 4.78 is 26.5. The summed E-state index contributed by atoms with van der Waals surface area (Å²) in [7, 11) is 0.110. The first-order chi connectivity index (χ1) is 9.49. The van der Waals surface area contributed by atoms with Gasteiger partial charge in [0.25, 0.3) is 10.0 Å². The number of hydrogen-bond acceptors (Lipinski definition) is 4. The maximum Gasteiger partial charge on any atom is 0.252 e. The molecule has 20 heavy (non-hydrogen) atoms. The average Bonchev–Trinajstić information content (AvgIpc) is 2.90. The van der Waals surface area contributed by atoms with E-state index in [1.165, 1.54) is 15.6 Å². The maximum atomic E-state index is 12.3. The first kappa shape index (κ1) is 16.9. The lowest BCUT2D eigenvalue weighted by Gasteiger charge is -2.16. The van der Waals surface area contributed by atoms with Crippen molar-refractivity contribution in [1.82, 2.24) is 14.9 Å². The van der Waals surface area contributed by atoms with Crippen molar-refractivity contribution in [3.8, 4) is 0 Å². The van der Waals surface area contributed by atoms with Crippen LogP contribution in [0.2, 0.25) is 0 Å². The van der Waals surface area contributed by atoms with Crippen LogP contribution in [0.15, 0.2) is 21.3 Å². The van der Waals surface area contributed by atoms with Crippen molar-refractivity contribution in [3.63, 3.8) is 0 Å². The number of aliphatic imine (C=N–C) groups is 1. The monoisotopic (exact) mass is 318 g/mol. The second-order valence-corrected chi connectivity index (χ2v) is 7.32. The third-order valence-corrected chi connectivity index (χ3v) is 6.43. The van der Waals surface area contributed by atoms with Crippen LogP contribution >= 0.6 is 11.3 Å². The Balaban J connectivity index is 2.82. The van der Waals surface area contributed by atoms with Gasteiger partial charge in [-0.05, 0) is 12.1 Å². The van der Waals surface area contributed by atoms with Crippen molar-refractivity contribution >= 4 is 27.3 Å². The van der Waals surface area contributed by atoms with Gasteiger partial charge in [-0.3, -0.25) is 4.99 Å². The van der Waals surface area contributed by atoms with Gasteiger partial charge in [0.15, 0.2) is 5.96 Å². The van der Waals surface area contributed by atoms with E-state index in [1.54, 1.807) is 20.2 Å². The van der Waals surface area contributed by atoms with Crippen molar-refractivity contribution in [3.05, 3.63) is 17.0 Å². The van der Waals surface area contributed by atoms with Crippen LogP contribution in [0.1, 0.15) is 18.7 Å². The van der Waals surface area contributed by atoms with Crippen LogP contribution in [0, 0.1) is 0 Å². The van der Waals surface area contributed by atoms with Gasteiger partial charge in [0.05, 0.1) is 6.54 Å². The molecule has 0 saturated carbocycles. The summed E-state index contributed by atoms with van der Waals surface area (Å²) in [5, 5.41) is 6.01. The molecule has 1 aromatic heterocycles. The summed E-state index contributed by atoms with van der Waals surface area (Å²) >= 11 is 1.29.